The third-order valence-electron chi connectivity index (χ3n) is 2.23. The van der Waals surface area contributed by atoms with E-state index in [1.807, 2.05) is 6.92 Å². The van der Waals surface area contributed by atoms with Gasteiger partial charge in [-0.25, -0.2) is 0 Å². The second-order valence-electron chi connectivity index (χ2n) is 3.49. The number of H-pyrrole nitrogens is 1. The van der Waals surface area contributed by atoms with Gasteiger partial charge in [-0.1, -0.05) is 6.92 Å². The first-order valence-electron chi connectivity index (χ1n) is 5.24. The van der Waals surface area contributed by atoms with Gasteiger partial charge < -0.3 is 10.3 Å². The molecule has 0 spiro atoms. The lowest BCUT2D eigenvalue weighted by atomic mass is 10.2. The average molecular weight is 243 g/mol. The summed E-state index contributed by atoms with van der Waals surface area (Å²) in [4.78, 5) is 24.8. The molecule has 0 aromatic carbocycles. The average Bonchev–Trinajstić information content (AvgIpc) is 2.29. The van der Waals surface area contributed by atoms with E-state index in [1.165, 1.54) is 18.3 Å². The minimum Gasteiger partial charge on any atom is -0.352 e. The summed E-state index contributed by atoms with van der Waals surface area (Å²) in [6, 6.07) is 2.82. The summed E-state index contributed by atoms with van der Waals surface area (Å²) in [5.74, 6) is -0.198. The van der Waals surface area contributed by atoms with E-state index in [-0.39, 0.29) is 16.8 Å². The van der Waals surface area contributed by atoms with Crippen LogP contribution in [0, 0.1) is 0 Å². The van der Waals surface area contributed by atoms with Gasteiger partial charge in [0, 0.05) is 24.2 Å². The molecule has 0 aliphatic rings. The maximum Gasteiger partial charge on any atom is 0.252 e. The number of carbonyl (C=O) groups is 1. The normalized spacial score (nSPS) is 12.1. The van der Waals surface area contributed by atoms with Crippen LogP contribution < -0.4 is 10.9 Å². The van der Waals surface area contributed by atoms with Crippen LogP contribution in [0.2, 0.25) is 0 Å². The van der Waals surface area contributed by atoms with Crippen LogP contribution in [-0.4, -0.2) is 22.8 Å². The number of hydrogen-bond donors (Lipinski definition) is 2. The van der Waals surface area contributed by atoms with Gasteiger partial charge in [0.05, 0.1) is 5.56 Å². The van der Waals surface area contributed by atoms with E-state index in [4.69, 9.17) is 11.6 Å². The summed E-state index contributed by atoms with van der Waals surface area (Å²) in [6.45, 7) is 2.54. The molecular formula is C11H15ClN2O2. The lowest BCUT2D eigenvalue weighted by Gasteiger charge is -2.07. The Balaban J connectivity index is 2.41. The van der Waals surface area contributed by atoms with Gasteiger partial charge in [-0.15, -0.1) is 11.6 Å². The van der Waals surface area contributed by atoms with Crippen molar-refractivity contribution in [1.82, 2.24) is 10.3 Å². The molecule has 1 aromatic rings. The van der Waals surface area contributed by atoms with Crippen molar-refractivity contribution in [2.75, 3.05) is 6.54 Å². The largest absolute Gasteiger partial charge is 0.352 e. The van der Waals surface area contributed by atoms with Gasteiger partial charge in [-0.3, -0.25) is 9.59 Å². The van der Waals surface area contributed by atoms with Crippen LogP contribution in [0.1, 0.15) is 30.1 Å². The molecule has 16 heavy (non-hydrogen) atoms. The molecule has 1 aromatic heterocycles. The number of amides is 1. The number of hydrogen-bond acceptors (Lipinski definition) is 2. The number of alkyl halides is 1. The van der Waals surface area contributed by atoms with E-state index in [0.717, 1.165) is 12.8 Å². The summed E-state index contributed by atoms with van der Waals surface area (Å²) in [7, 11) is 0. The van der Waals surface area contributed by atoms with Crippen LogP contribution in [0.15, 0.2) is 23.1 Å². The quantitative estimate of drug-likeness (QED) is 0.769. The molecule has 88 valence electrons. The van der Waals surface area contributed by atoms with Gasteiger partial charge in [0.2, 0.25) is 5.56 Å². The highest BCUT2D eigenvalue weighted by Crippen LogP contribution is 2.04. The Kier molecular flexibility index (Phi) is 5.05. The van der Waals surface area contributed by atoms with Crippen LogP contribution in [-0.2, 0) is 0 Å². The molecule has 1 amide bonds. The molecule has 0 bridgehead atoms. The predicted octanol–water partition coefficient (Wildman–Crippen LogP) is 1.51. The van der Waals surface area contributed by atoms with Crippen LogP contribution >= 0.6 is 11.6 Å². The number of aromatic amines is 1. The van der Waals surface area contributed by atoms with E-state index in [1.54, 1.807) is 0 Å². The van der Waals surface area contributed by atoms with Crippen LogP contribution in [0.4, 0.5) is 0 Å². The SMILES string of the molecule is CCC(Cl)CCNC(=O)c1ccc(=O)[nH]c1. The Labute approximate surface area is 99.0 Å². The van der Waals surface area contributed by atoms with Gasteiger partial charge in [0.1, 0.15) is 0 Å². The Morgan fingerprint density at radius 1 is 1.56 bits per heavy atom. The molecule has 0 aliphatic heterocycles. The standard InChI is InChI=1S/C11H15ClN2O2/c1-2-9(12)5-6-13-11(16)8-3-4-10(15)14-7-8/h3-4,7,9H,2,5-6H2,1H3,(H,13,16)(H,14,15). The second kappa shape index (κ2) is 6.33. The van der Waals surface area contributed by atoms with Crippen molar-refractivity contribution in [2.45, 2.75) is 25.1 Å². The van der Waals surface area contributed by atoms with E-state index < -0.39 is 0 Å². The Morgan fingerprint density at radius 2 is 2.31 bits per heavy atom. The summed E-state index contributed by atoms with van der Waals surface area (Å²) < 4.78 is 0. The van der Waals surface area contributed by atoms with Gasteiger partial charge in [-0.05, 0) is 18.9 Å². The van der Waals surface area contributed by atoms with Crippen LogP contribution in [0.5, 0.6) is 0 Å². The number of aromatic nitrogens is 1. The van der Waals surface area contributed by atoms with Crippen molar-refractivity contribution in [2.24, 2.45) is 0 Å². The van der Waals surface area contributed by atoms with E-state index >= 15 is 0 Å². The molecule has 4 nitrogen and oxygen atoms in total. The zero-order valence-corrected chi connectivity index (χ0v) is 9.88. The van der Waals surface area contributed by atoms with Crippen molar-refractivity contribution >= 4 is 17.5 Å². The zero-order valence-electron chi connectivity index (χ0n) is 9.13. The van der Waals surface area contributed by atoms with Crippen molar-refractivity contribution < 1.29 is 4.79 Å². The first-order chi connectivity index (χ1) is 7.63. The maximum absolute atomic E-state index is 11.5. The van der Waals surface area contributed by atoms with Crippen molar-refractivity contribution in [1.29, 1.82) is 0 Å². The molecule has 1 rings (SSSR count). The number of rotatable bonds is 5. The molecule has 5 heteroatoms. The fraction of sp³-hybridized carbons (Fsp3) is 0.455. The highest BCUT2D eigenvalue weighted by atomic mass is 35.5. The molecule has 1 unspecified atom stereocenters. The van der Waals surface area contributed by atoms with Gasteiger partial charge in [-0.2, -0.15) is 0 Å². The first kappa shape index (κ1) is 12.8. The van der Waals surface area contributed by atoms with Gasteiger partial charge in [0.25, 0.3) is 5.91 Å². The minimum absolute atomic E-state index is 0.0934. The molecule has 0 fully saturated rings. The van der Waals surface area contributed by atoms with Crippen LogP contribution in [0.3, 0.4) is 0 Å². The maximum atomic E-state index is 11.5. The van der Waals surface area contributed by atoms with E-state index in [9.17, 15) is 9.59 Å². The molecular weight excluding hydrogens is 228 g/mol. The minimum atomic E-state index is -0.219. The third kappa shape index (κ3) is 4.06. The predicted molar refractivity (Wildman–Crippen MR) is 63.9 cm³/mol. The third-order valence-corrected chi connectivity index (χ3v) is 2.76. The second-order valence-corrected chi connectivity index (χ2v) is 4.11. The highest BCUT2D eigenvalue weighted by Gasteiger charge is 2.06. The molecule has 0 saturated heterocycles. The fourth-order valence-corrected chi connectivity index (χ4v) is 1.31. The van der Waals surface area contributed by atoms with E-state index in [2.05, 4.69) is 10.3 Å². The van der Waals surface area contributed by atoms with Crippen molar-refractivity contribution in [3.05, 3.63) is 34.2 Å². The highest BCUT2D eigenvalue weighted by molar-refractivity contribution is 6.20. The number of halogens is 1. The summed E-state index contributed by atoms with van der Waals surface area (Å²) in [6.07, 6.45) is 3.03. The molecule has 1 heterocycles. The molecule has 2 N–H and O–H groups in total. The summed E-state index contributed by atoms with van der Waals surface area (Å²) in [5, 5.41) is 2.83. The topological polar surface area (TPSA) is 62.0 Å². The fourth-order valence-electron chi connectivity index (χ4n) is 1.20. The van der Waals surface area contributed by atoms with Crippen LogP contribution in [0.25, 0.3) is 0 Å². The number of pyridine rings is 1. The summed E-state index contributed by atoms with van der Waals surface area (Å²) >= 11 is 5.92. The number of nitrogens with one attached hydrogen (secondary N) is 2. The first-order valence-corrected chi connectivity index (χ1v) is 5.68. The van der Waals surface area contributed by atoms with Crippen molar-refractivity contribution in [3.63, 3.8) is 0 Å². The lowest BCUT2D eigenvalue weighted by molar-refractivity contribution is 0.0952. The van der Waals surface area contributed by atoms with Gasteiger partial charge in [0.15, 0.2) is 0 Å². The zero-order chi connectivity index (χ0) is 12.0. The van der Waals surface area contributed by atoms with E-state index in [0.29, 0.717) is 12.1 Å². The van der Waals surface area contributed by atoms with Gasteiger partial charge >= 0.3 is 0 Å². The Morgan fingerprint density at radius 3 is 2.88 bits per heavy atom. The summed E-state index contributed by atoms with van der Waals surface area (Å²) in [5.41, 5.74) is 0.227. The molecule has 0 aliphatic carbocycles. The molecule has 1 atom stereocenters. The molecule has 0 saturated carbocycles. The smallest absolute Gasteiger partial charge is 0.252 e. The number of carbonyl (C=O) groups excluding carboxylic acids is 1. The molecule has 0 radical (unpaired) electrons. The Bertz CT molecular complexity index is 383. The lowest BCUT2D eigenvalue weighted by Crippen LogP contribution is -2.26. The monoisotopic (exact) mass is 242 g/mol. The Hall–Kier alpha value is -1.29. The van der Waals surface area contributed by atoms with Crippen molar-refractivity contribution in [3.8, 4) is 0 Å².